The van der Waals surface area contributed by atoms with E-state index >= 15 is 0 Å². The highest BCUT2D eigenvalue weighted by atomic mass is 15.3. The molecular formula is C13H15N3. The molecule has 0 spiro atoms. The number of nitrogens with zero attached hydrogens (tertiary/aromatic N) is 3. The molecule has 0 N–H and O–H groups in total. The molecule has 0 fully saturated rings. The number of aromatic nitrogens is 3. The fraction of sp³-hybridized carbons (Fsp3) is 0.385. The molecule has 0 aliphatic heterocycles. The van der Waals surface area contributed by atoms with Gasteiger partial charge in [-0.05, 0) is 32.4 Å². The van der Waals surface area contributed by atoms with E-state index in [0.29, 0.717) is 0 Å². The van der Waals surface area contributed by atoms with Crippen LogP contribution in [-0.4, -0.2) is 14.8 Å². The SMILES string of the molecule is CC(C)(C)n1ncc2nc3c(cc21)C=CC3. The molecule has 0 amide bonds. The lowest BCUT2D eigenvalue weighted by atomic mass is 10.1. The summed E-state index contributed by atoms with van der Waals surface area (Å²) in [5.74, 6) is 0. The summed E-state index contributed by atoms with van der Waals surface area (Å²) in [6.07, 6.45) is 7.11. The zero-order chi connectivity index (χ0) is 11.3. The average molecular weight is 213 g/mol. The third-order valence-electron chi connectivity index (χ3n) is 2.91. The van der Waals surface area contributed by atoms with E-state index in [1.54, 1.807) is 0 Å². The van der Waals surface area contributed by atoms with Gasteiger partial charge >= 0.3 is 0 Å². The minimum absolute atomic E-state index is 0.0000146. The van der Waals surface area contributed by atoms with Crippen LogP contribution in [0.4, 0.5) is 0 Å². The fourth-order valence-electron chi connectivity index (χ4n) is 2.15. The molecule has 0 saturated heterocycles. The Balaban J connectivity index is 2.30. The predicted octanol–water partition coefficient (Wildman–Crippen LogP) is 2.76. The van der Waals surface area contributed by atoms with Crippen molar-refractivity contribution in [3.8, 4) is 0 Å². The van der Waals surface area contributed by atoms with E-state index in [2.05, 4.69) is 49.1 Å². The number of hydrogen-bond donors (Lipinski definition) is 0. The second-order valence-corrected chi connectivity index (χ2v) is 5.26. The summed E-state index contributed by atoms with van der Waals surface area (Å²) in [6, 6.07) is 2.19. The van der Waals surface area contributed by atoms with Crippen LogP contribution in [0, 0.1) is 0 Å². The smallest absolute Gasteiger partial charge is 0.109 e. The Hall–Kier alpha value is -1.64. The lowest BCUT2D eigenvalue weighted by Crippen LogP contribution is -2.22. The normalized spacial score (nSPS) is 14.7. The molecule has 3 rings (SSSR count). The number of rotatable bonds is 0. The van der Waals surface area contributed by atoms with Crippen LogP contribution >= 0.6 is 0 Å². The van der Waals surface area contributed by atoms with Gasteiger partial charge in [0.05, 0.1) is 22.9 Å². The van der Waals surface area contributed by atoms with Crippen molar-refractivity contribution >= 4 is 17.1 Å². The lowest BCUT2D eigenvalue weighted by Gasteiger charge is -2.20. The van der Waals surface area contributed by atoms with Gasteiger partial charge in [0, 0.05) is 6.42 Å². The molecular weight excluding hydrogens is 198 g/mol. The Morgan fingerprint density at radius 2 is 2.12 bits per heavy atom. The Bertz CT molecular complexity index is 585. The number of allylic oxidation sites excluding steroid dienone is 1. The number of hydrogen-bond acceptors (Lipinski definition) is 2. The molecule has 82 valence electrons. The third kappa shape index (κ3) is 1.28. The molecule has 2 heterocycles. The van der Waals surface area contributed by atoms with Crippen molar-refractivity contribution in [2.24, 2.45) is 0 Å². The van der Waals surface area contributed by atoms with E-state index in [1.165, 1.54) is 11.3 Å². The first-order valence-electron chi connectivity index (χ1n) is 5.60. The molecule has 0 bridgehead atoms. The largest absolute Gasteiger partial charge is 0.258 e. The van der Waals surface area contributed by atoms with Crippen LogP contribution in [0.5, 0.6) is 0 Å². The molecule has 0 saturated carbocycles. The van der Waals surface area contributed by atoms with Crippen molar-refractivity contribution in [3.05, 3.63) is 29.6 Å². The highest BCUT2D eigenvalue weighted by Gasteiger charge is 2.19. The third-order valence-corrected chi connectivity index (χ3v) is 2.91. The monoisotopic (exact) mass is 213 g/mol. The molecule has 0 aromatic carbocycles. The van der Waals surface area contributed by atoms with E-state index < -0.39 is 0 Å². The van der Waals surface area contributed by atoms with E-state index in [0.717, 1.165) is 17.5 Å². The summed E-state index contributed by atoms with van der Waals surface area (Å²) in [7, 11) is 0. The van der Waals surface area contributed by atoms with Crippen molar-refractivity contribution < 1.29 is 0 Å². The van der Waals surface area contributed by atoms with Crippen LogP contribution in [0.15, 0.2) is 18.3 Å². The van der Waals surface area contributed by atoms with E-state index in [1.807, 2.05) is 10.9 Å². The predicted molar refractivity (Wildman–Crippen MR) is 65.3 cm³/mol. The number of pyridine rings is 1. The first kappa shape index (κ1) is 9.58. The highest BCUT2D eigenvalue weighted by Crippen LogP contribution is 2.25. The zero-order valence-electron chi connectivity index (χ0n) is 9.86. The summed E-state index contributed by atoms with van der Waals surface area (Å²) in [6.45, 7) is 6.47. The van der Waals surface area contributed by atoms with Crippen molar-refractivity contribution in [2.45, 2.75) is 32.7 Å². The Labute approximate surface area is 94.8 Å². The van der Waals surface area contributed by atoms with Gasteiger partial charge in [-0.25, -0.2) is 4.98 Å². The first-order chi connectivity index (χ1) is 7.55. The van der Waals surface area contributed by atoms with Crippen molar-refractivity contribution in [3.63, 3.8) is 0 Å². The maximum Gasteiger partial charge on any atom is 0.109 e. The second-order valence-electron chi connectivity index (χ2n) is 5.26. The Morgan fingerprint density at radius 1 is 1.31 bits per heavy atom. The summed E-state index contributed by atoms with van der Waals surface area (Å²) >= 11 is 0. The summed E-state index contributed by atoms with van der Waals surface area (Å²) in [4.78, 5) is 4.64. The molecule has 0 radical (unpaired) electrons. The van der Waals surface area contributed by atoms with Gasteiger partial charge in [0.1, 0.15) is 5.52 Å². The zero-order valence-corrected chi connectivity index (χ0v) is 9.86. The standard InChI is InChI=1S/C13H15N3/c1-13(2,3)16-12-7-9-5-4-6-10(9)15-11(12)8-14-16/h4-5,7-8H,6H2,1-3H3. The van der Waals surface area contributed by atoms with E-state index in [9.17, 15) is 0 Å². The van der Waals surface area contributed by atoms with Crippen LogP contribution in [0.3, 0.4) is 0 Å². The minimum atomic E-state index is -0.0000146. The van der Waals surface area contributed by atoms with Crippen LogP contribution in [0.2, 0.25) is 0 Å². The Morgan fingerprint density at radius 3 is 2.88 bits per heavy atom. The molecule has 2 aromatic rings. The average Bonchev–Trinajstić information content (AvgIpc) is 2.76. The molecule has 3 heteroatoms. The maximum atomic E-state index is 4.64. The van der Waals surface area contributed by atoms with Gasteiger partial charge in [0.2, 0.25) is 0 Å². The lowest BCUT2D eigenvalue weighted by molar-refractivity contribution is 0.368. The fourth-order valence-corrected chi connectivity index (χ4v) is 2.15. The quantitative estimate of drug-likeness (QED) is 0.673. The van der Waals surface area contributed by atoms with Crippen LogP contribution in [0.1, 0.15) is 32.0 Å². The molecule has 1 aliphatic rings. The molecule has 2 aromatic heterocycles. The topological polar surface area (TPSA) is 30.7 Å². The first-order valence-corrected chi connectivity index (χ1v) is 5.60. The van der Waals surface area contributed by atoms with Gasteiger partial charge in [-0.2, -0.15) is 5.10 Å². The molecule has 16 heavy (non-hydrogen) atoms. The van der Waals surface area contributed by atoms with Crippen molar-refractivity contribution in [2.75, 3.05) is 0 Å². The molecule has 0 atom stereocenters. The van der Waals surface area contributed by atoms with Crippen molar-refractivity contribution in [1.82, 2.24) is 14.8 Å². The summed E-state index contributed by atoms with van der Waals surface area (Å²) in [5, 5.41) is 4.44. The van der Waals surface area contributed by atoms with Gasteiger partial charge in [0.15, 0.2) is 0 Å². The molecule has 0 unspecified atom stereocenters. The molecule has 1 aliphatic carbocycles. The van der Waals surface area contributed by atoms with Gasteiger partial charge in [-0.15, -0.1) is 0 Å². The van der Waals surface area contributed by atoms with Crippen LogP contribution in [0.25, 0.3) is 17.1 Å². The van der Waals surface area contributed by atoms with E-state index in [4.69, 9.17) is 0 Å². The van der Waals surface area contributed by atoms with Crippen LogP contribution in [-0.2, 0) is 12.0 Å². The van der Waals surface area contributed by atoms with Crippen LogP contribution < -0.4 is 0 Å². The summed E-state index contributed by atoms with van der Waals surface area (Å²) < 4.78 is 2.04. The van der Waals surface area contributed by atoms with Gasteiger partial charge in [0.25, 0.3) is 0 Å². The summed E-state index contributed by atoms with van der Waals surface area (Å²) in [5.41, 5.74) is 4.52. The Kier molecular flexibility index (Phi) is 1.76. The molecule has 3 nitrogen and oxygen atoms in total. The van der Waals surface area contributed by atoms with E-state index in [-0.39, 0.29) is 5.54 Å². The van der Waals surface area contributed by atoms with Crippen molar-refractivity contribution in [1.29, 1.82) is 0 Å². The minimum Gasteiger partial charge on any atom is -0.258 e. The van der Waals surface area contributed by atoms with Gasteiger partial charge in [-0.1, -0.05) is 12.2 Å². The van der Waals surface area contributed by atoms with Gasteiger partial charge in [-0.3, -0.25) is 4.68 Å². The highest BCUT2D eigenvalue weighted by molar-refractivity contribution is 5.79. The maximum absolute atomic E-state index is 4.64. The second kappa shape index (κ2) is 2.94. The number of fused-ring (bicyclic) bond motifs is 2. The van der Waals surface area contributed by atoms with Gasteiger partial charge < -0.3 is 0 Å².